The van der Waals surface area contributed by atoms with Crippen molar-refractivity contribution in [3.05, 3.63) is 59.9 Å². The third-order valence-corrected chi connectivity index (χ3v) is 4.87. The summed E-state index contributed by atoms with van der Waals surface area (Å²) in [6.07, 6.45) is 3.20. The number of nitrogens with zero attached hydrogens (tertiary/aromatic N) is 2. The summed E-state index contributed by atoms with van der Waals surface area (Å²) in [4.78, 5) is 18.0. The summed E-state index contributed by atoms with van der Waals surface area (Å²) in [5.41, 5.74) is 1.11. The number of likely N-dealkylation sites (N-methyl/N-ethyl adjacent to an activating group) is 1. The molecule has 0 unspecified atom stereocenters. The second kappa shape index (κ2) is 8.70. The summed E-state index contributed by atoms with van der Waals surface area (Å²) < 4.78 is 27.4. The largest absolute Gasteiger partial charge is 0.351 e. The number of nitrogens with one attached hydrogen (secondary N) is 2. The highest BCUT2D eigenvalue weighted by atomic mass is 32.2. The molecule has 0 saturated heterocycles. The van der Waals surface area contributed by atoms with E-state index in [-0.39, 0.29) is 17.3 Å². The minimum Gasteiger partial charge on any atom is -0.351 e. The molecule has 1 heterocycles. The first-order valence-corrected chi connectivity index (χ1v) is 9.28. The van der Waals surface area contributed by atoms with Crippen LogP contribution in [0.2, 0.25) is 0 Å². The molecule has 0 atom stereocenters. The van der Waals surface area contributed by atoms with Gasteiger partial charge in [0.2, 0.25) is 10.0 Å². The number of aromatic nitrogens is 1. The minimum atomic E-state index is -3.71. The number of carbonyl (C=O) groups is 1. The van der Waals surface area contributed by atoms with E-state index in [1.165, 1.54) is 12.1 Å². The quantitative estimate of drug-likeness (QED) is 0.726. The van der Waals surface area contributed by atoms with Gasteiger partial charge in [-0.2, -0.15) is 0 Å². The Morgan fingerprint density at radius 1 is 1.16 bits per heavy atom. The van der Waals surface area contributed by atoms with Gasteiger partial charge in [0.1, 0.15) is 0 Å². The molecule has 2 aromatic rings. The summed E-state index contributed by atoms with van der Waals surface area (Å²) >= 11 is 0. The first-order valence-electron chi connectivity index (χ1n) is 7.80. The van der Waals surface area contributed by atoms with Gasteiger partial charge in [0.25, 0.3) is 5.91 Å². The molecule has 0 bridgehead atoms. The number of pyridine rings is 1. The Labute approximate surface area is 148 Å². The third-order valence-electron chi connectivity index (χ3n) is 3.47. The molecule has 134 valence electrons. The van der Waals surface area contributed by atoms with Gasteiger partial charge in [-0.15, -0.1) is 0 Å². The molecule has 0 spiro atoms. The van der Waals surface area contributed by atoms with Crippen molar-refractivity contribution in [1.82, 2.24) is 19.9 Å². The number of rotatable bonds is 8. The average Bonchev–Trinajstić information content (AvgIpc) is 2.61. The highest BCUT2D eigenvalue weighted by Gasteiger charge is 2.16. The lowest BCUT2D eigenvalue weighted by molar-refractivity contribution is 0.0951. The molecular formula is C17H22N4O3S. The predicted molar refractivity (Wildman–Crippen MR) is 95.6 cm³/mol. The Bertz CT molecular complexity index is 808. The highest BCUT2D eigenvalue weighted by molar-refractivity contribution is 7.89. The lowest BCUT2D eigenvalue weighted by atomic mass is 10.2. The number of benzene rings is 1. The van der Waals surface area contributed by atoms with Crippen LogP contribution in [0.1, 0.15) is 15.9 Å². The minimum absolute atomic E-state index is 0.0572. The Morgan fingerprint density at radius 2 is 1.88 bits per heavy atom. The van der Waals surface area contributed by atoms with Crippen molar-refractivity contribution in [3.8, 4) is 0 Å². The van der Waals surface area contributed by atoms with E-state index < -0.39 is 10.0 Å². The van der Waals surface area contributed by atoms with E-state index in [9.17, 15) is 13.2 Å². The van der Waals surface area contributed by atoms with Crippen LogP contribution in [-0.4, -0.2) is 51.4 Å². The van der Waals surface area contributed by atoms with Gasteiger partial charge in [0.15, 0.2) is 0 Å². The summed E-state index contributed by atoms with van der Waals surface area (Å²) in [5.74, 6) is -0.298. The molecule has 2 rings (SSSR count). The Morgan fingerprint density at radius 3 is 2.56 bits per heavy atom. The van der Waals surface area contributed by atoms with Crippen molar-refractivity contribution in [2.75, 3.05) is 27.2 Å². The molecule has 1 amide bonds. The zero-order valence-electron chi connectivity index (χ0n) is 14.3. The maximum atomic E-state index is 12.4. The van der Waals surface area contributed by atoms with Crippen molar-refractivity contribution in [3.63, 3.8) is 0 Å². The second-order valence-electron chi connectivity index (χ2n) is 5.77. The fraction of sp³-hybridized carbons (Fsp3) is 0.294. The van der Waals surface area contributed by atoms with E-state index in [1.54, 1.807) is 36.7 Å². The van der Waals surface area contributed by atoms with E-state index in [4.69, 9.17) is 0 Å². The van der Waals surface area contributed by atoms with Gasteiger partial charge in [-0.05, 0) is 50.0 Å². The molecule has 0 aliphatic carbocycles. The van der Waals surface area contributed by atoms with Gasteiger partial charge in [-0.25, -0.2) is 13.1 Å². The van der Waals surface area contributed by atoms with E-state index in [2.05, 4.69) is 15.0 Å². The maximum Gasteiger partial charge on any atom is 0.251 e. The zero-order valence-corrected chi connectivity index (χ0v) is 15.1. The molecule has 0 saturated carbocycles. The molecule has 2 N–H and O–H groups in total. The second-order valence-corrected chi connectivity index (χ2v) is 7.53. The van der Waals surface area contributed by atoms with Crippen LogP contribution < -0.4 is 10.0 Å². The number of hydrogen-bond donors (Lipinski definition) is 2. The molecule has 0 aliphatic heterocycles. The van der Waals surface area contributed by atoms with Crippen LogP contribution >= 0.6 is 0 Å². The first kappa shape index (κ1) is 19.0. The number of sulfonamides is 1. The fourth-order valence-corrected chi connectivity index (χ4v) is 3.13. The standard InChI is InChI=1S/C17H22N4O3S/c1-21(2)11-10-19-17(22)15-4-3-5-16(12-15)25(23,24)20-13-14-6-8-18-9-7-14/h3-9,12,20H,10-11,13H2,1-2H3,(H,19,22). The van der Waals surface area contributed by atoms with Crippen molar-refractivity contribution in [1.29, 1.82) is 0 Å². The van der Waals surface area contributed by atoms with Crippen molar-refractivity contribution in [2.45, 2.75) is 11.4 Å². The predicted octanol–water partition coefficient (Wildman–Crippen LogP) is 0.852. The highest BCUT2D eigenvalue weighted by Crippen LogP contribution is 2.12. The number of carbonyl (C=O) groups excluding carboxylic acids is 1. The Kier molecular flexibility index (Phi) is 6.63. The van der Waals surface area contributed by atoms with Crippen molar-refractivity contribution < 1.29 is 13.2 Å². The van der Waals surface area contributed by atoms with Gasteiger partial charge in [-0.3, -0.25) is 9.78 Å². The Balaban J connectivity index is 2.04. The van der Waals surface area contributed by atoms with Gasteiger partial charge in [0, 0.05) is 37.6 Å². The molecule has 0 aliphatic rings. The lowest BCUT2D eigenvalue weighted by Gasteiger charge is -2.11. The van der Waals surface area contributed by atoms with E-state index in [1.807, 2.05) is 19.0 Å². The van der Waals surface area contributed by atoms with Crippen LogP contribution in [0.25, 0.3) is 0 Å². The third kappa shape index (κ3) is 5.93. The Hall–Kier alpha value is -2.29. The number of amides is 1. The van der Waals surface area contributed by atoms with E-state index >= 15 is 0 Å². The molecule has 1 aromatic carbocycles. The van der Waals surface area contributed by atoms with Gasteiger partial charge >= 0.3 is 0 Å². The molecule has 0 radical (unpaired) electrons. The average molecular weight is 362 g/mol. The molecule has 0 fully saturated rings. The molecule has 8 heteroatoms. The van der Waals surface area contributed by atoms with Crippen LogP contribution in [0.5, 0.6) is 0 Å². The van der Waals surface area contributed by atoms with Gasteiger partial charge in [0.05, 0.1) is 4.90 Å². The van der Waals surface area contributed by atoms with Crippen LogP contribution in [0.15, 0.2) is 53.7 Å². The smallest absolute Gasteiger partial charge is 0.251 e. The summed E-state index contributed by atoms with van der Waals surface area (Å²) in [5, 5.41) is 2.76. The fourth-order valence-electron chi connectivity index (χ4n) is 2.06. The first-order chi connectivity index (χ1) is 11.9. The van der Waals surface area contributed by atoms with E-state index in [0.717, 1.165) is 5.56 Å². The van der Waals surface area contributed by atoms with Crippen LogP contribution in [0.4, 0.5) is 0 Å². The molecule has 1 aromatic heterocycles. The monoisotopic (exact) mass is 362 g/mol. The molecular weight excluding hydrogens is 340 g/mol. The van der Waals surface area contributed by atoms with Gasteiger partial charge in [-0.1, -0.05) is 6.07 Å². The summed E-state index contributed by atoms with van der Waals surface area (Å²) in [6.45, 7) is 1.35. The van der Waals surface area contributed by atoms with Crippen LogP contribution in [0, 0.1) is 0 Å². The number of hydrogen-bond acceptors (Lipinski definition) is 5. The maximum absolute atomic E-state index is 12.4. The van der Waals surface area contributed by atoms with E-state index in [0.29, 0.717) is 18.7 Å². The van der Waals surface area contributed by atoms with Crippen LogP contribution in [-0.2, 0) is 16.6 Å². The normalized spacial score (nSPS) is 11.5. The van der Waals surface area contributed by atoms with Crippen molar-refractivity contribution >= 4 is 15.9 Å². The molecule has 7 nitrogen and oxygen atoms in total. The SMILES string of the molecule is CN(C)CCNC(=O)c1cccc(S(=O)(=O)NCc2ccncc2)c1. The summed E-state index contributed by atoms with van der Waals surface area (Å²) in [6, 6.07) is 9.45. The summed E-state index contributed by atoms with van der Waals surface area (Å²) in [7, 11) is 0.114. The lowest BCUT2D eigenvalue weighted by Crippen LogP contribution is -2.31. The molecule has 25 heavy (non-hydrogen) atoms. The topological polar surface area (TPSA) is 91.4 Å². The van der Waals surface area contributed by atoms with Gasteiger partial charge < -0.3 is 10.2 Å². The van der Waals surface area contributed by atoms with Crippen LogP contribution in [0.3, 0.4) is 0 Å². The van der Waals surface area contributed by atoms with Crippen molar-refractivity contribution in [2.24, 2.45) is 0 Å². The zero-order chi connectivity index (χ0) is 18.3.